The summed E-state index contributed by atoms with van der Waals surface area (Å²) >= 11 is 0. The number of aromatic hydroxyl groups is 6. The Bertz CT molecular complexity index is 7740. The molecule has 0 unspecified atom stereocenters. The van der Waals surface area contributed by atoms with Crippen LogP contribution in [-0.4, -0.2) is 64.2 Å². The first-order valence-electron chi connectivity index (χ1n) is 72.3. The SMILES string of the molecule is [2H]C1=C(C)C([2H])([2H])C([2H])([2H])[C@]2([2H])[C@@H]1c1c(O)c([2H])c(C([2H])([2H])CCCC)c([2H])c1OC2(C)C.[2H]C1=C(C)CC([2H])([2H])[C@]2([2H])[C@@H]1c1c(O)c([2H])c(C([2H])([2H])CCCC)c([2H])c1OC2(C)C.[2H]c1c(O)c2c(c([2H])c1C([2H])([2H])CCCC)OC(C)(C)[C@@H]1CC([2H])([2H])C(C([2H])([2H])[2H])=C[C@@H]21.[2H]c1c(O)c2c(c([2H])c1C([2H])([2H])CCCC)OC(C)(C)[C@@H]1CC([2H])([2H])C(C)=C[C@@H]21.[2H]c1c(O)c2c(c([2H])c1C([2H])([2H])CCCC)OC(C)(C)[C@@H]1CCC(C([2H])([2H])[2H])=C[C@@H]21.[2H]c1c(O)c2c(c([2H])c1C([2H])([2H])CCCC)OC(C)(C)[C@@H]1CCC(C)=C[C@@H]21. The van der Waals surface area contributed by atoms with Crippen molar-refractivity contribution in [2.75, 3.05) is 0 Å². The molecule has 6 aromatic carbocycles. The molecule has 0 bridgehead atoms. The lowest BCUT2D eigenvalue weighted by molar-refractivity contribution is 0.0104. The van der Waals surface area contributed by atoms with Crippen molar-refractivity contribution in [3.8, 4) is 69.0 Å². The van der Waals surface area contributed by atoms with Crippen molar-refractivity contribution in [2.24, 2.45) is 35.5 Å². The quantitative estimate of drug-likeness (QED) is 0.0317. The van der Waals surface area contributed by atoms with E-state index < -0.39 is 218 Å². The molecule has 0 fully saturated rings. The van der Waals surface area contributed by atoms with Crippen molar-refractivity contribution in [3.05, 3.63) is 209 Å². The van der Waals surface area contributed by atoms with Crippen molar-refractivity contribution in [2.45, 2.75) is 466 Å². The number of rotatable bonds is 24. The van der Waals surface area contributed by atoms with Crippen LogP contribution in [0.4, 0.5) is 0 Å². The van der Waals surface area contributed by atoms with E-state index in [-0.39, 0.29) is 249 Å². The van der Waals surface area contributed by atoms with E-state index in [1.54, 1.807) is 39.8 Å². The maximum atomic E-state index is 11.0. The van der Waals surface area contributed by atoms with Gasteiger partial charge in [0.15, 0.2) is 0 Å². The second-order valence-electron chi connectivity index (χ2n) is 41.5. The Balaban J connectivity index is 0.000000177. The molecule has 756 valence electrons. The molecule has 12 atom stereocenters. The van der Waals surface area contributed by atoms with Gasteiger partial charge in [0, 0.05) is 145 Å². The van der Waals surface area contributed by atoms with E-state index in [0.717, 1.165) is 44.9 Å². The van der Waals surface area contributed by atoms with Gasteiger partial charge in [-0.2, -0.15) is 0 Å². The van der Waals surface area contributed by atoms with Crippen molar-refractivity contribution in [1.29, 1.82) is 0 Å². The number of hydrogen-bond acceptors (Lipinski definition) is 12. The van der Waals surface area contributed by atoms with Crippen molar-refractivity contribution < 1.29 is 119 Å². The summed E-state index contributed by atoms with van der Waals surface area (Å²) in [5.41, 5.74) is -4.97. The summed E-state index contributed by atoms with van der Waals surface area (Å²) < 4.78 is 407. The standard InChI is InChI=1S/6C21H30O2/c6*1-5-6-7-8-15-12-18(22)20-16-11-14(2)9-10-17(16)21(3,4)23-19(20)13-15/h6*11-13,16-17,22H,5-10H2,1-4H3/t6*16-,17-/m111111/s1/i8D2,9D2,10D2,11D,12D,13D,17D;8D2,10D2,11D,12D,13D,17D;2D3,8D2,9D2,12D,13D;8D2,9D2,12D,13D;2D3,8D2,12D,13D;8D2,12D,13D. The Morgan fingerprint density at radius 3 is 0.841 bits per heavy atom. The molecule has 18 rings (SSSR count). The second-order valence-corrected chi connectivity index (χ2v) is 41.5. The Kier molecular flexibility index (Phi) is 20.6. The zero-order valence-corrected chi connectivity index (χ0v) is 85.4. The molecule has 6 aromatic rings. The van der Waals surface area contributed by atoms with Gasteiger partial charge in [-0.15, -0.1) is 0 Å². The van der Waals surface area contributed by atoms with Crippen LogP contribution in [0.5, 0.6) is 69.0 Å². The fraction of sp³-hybridized carbons (Fsp3) is 0.619. The van der Waals surface area contributed by atoms with Gasteiger partial charge >= 0.3 is 0 Å². The van der Waals surface area contributed by atoms with E-state index in [1.165, 1.54) is 46.3 Å². The molecule has 12 nitrogen and oxygen atoms in total. The fourth-order valence-electron chi connectivity index (χ4n) is 20.5. The van der Waals surface area contributed by atoms with Gasteiger partial charge in [-0.05, 0) is 384 Å². The lowest BCUT2D eigenvalue weighted by Crippen LogP contribution is -2.45. The van der Waals surface area contributed by atoms with Crippen LogP contribution >= 0.6 is 0 Å². The highest BCUT2D eigenvalue weighted by atomic mass is 16.5. The maximum absolute atomic E-state index is 11.0. The topological polar surface area (TPSA) is 177 Å². The minimum atomic E-state index is -2.87. The summed E-state index contributed by atoms with van der Waals surface area (Å²) in [6, 6.07) is -4.90. The zero-order chi connectivity index (χ0) is 138. The zero-order valence-electron chi connectivity index (χ0n) is 129. The summed E-state index contributed by atoms with van der Waals surface area (Å²) in [6.45, 7) is 33.9. The first-order chi connectivity index (χ1) is 82.8. The molecule has 6 aliphatic heterocycles. The van der Waals surface area contributed by atoms with E-state index in [2.05, 4.69) is 13.0 Å². The summed E-state index contributed by atoms with van der Waals surface area (Å²) in [6.07, 6.45) is -4.87. The fourth-order valence-corrected chi connectivity index (χ4v) is 20.5. The molecule has 0 saturated heterocycles. The number of ether oxygens (including phenoxy) is 6. The van der Waals surface area contributed by atoms with Crippen LogP contribution in [0.15, 0.2) is 142 Å². The third kappa shape index (κ3) is 25.0. The number of fused-ring (bicyclic) bond motifs is 18. The molecule has 0 saturated carbocycles. The van der Waals surface area contributed by atoms with Crippen molar-refractivity contribution in [1.82, 2.24) is 0 Å². The third-order valence-corrected chi connectivity index (χ3v) is 28.1. The van der Waals surface area contributed by atoms with Crippen LogP contribution < -0.4 is 28.4 Å². The van der Waals surface area contributed by atoms with E-state index >= 15 is 0 Å². The molecule has 138 heavy (non-hydrogen) atoms. The second kappa shape index (κ2) is 45.7. The van der Waals surface area contributed by atoms with Gasteiger partial charge in [-0.1, -0.05) is 188 Å². The molecule has 6 aliphatic carbocycles. The lowest BCUT2D eigenvalue weighted by atomic mass is 9.68. The van der Waals surface area contributed by atoms with Gasteiger partial charge < -0.3 is 59.1 Å². The number of phenolic OH excluding ortho intramolecular Hbond substituents is 6. The van der Waals surface area contributed by atoms with Crippen LogP contribution in [0.1, 0.15) is 521 Å². The first kappa shape index (κ1) is 62.0. The molecule has 6 N–H and O–H groups in total. The highest BCUT2D eigenvalue weighted by molar-refractivity contribution is 5.60. The first-order valence-corrected chi connectivity index (χ1v) is 50.3. The summed E-state index contributed by atoms with van der Waals surface area (Å²) in [4.78, 5) is 0. The number of benzene rings is 6. The average Bonchev–Trinajstić information content (AvgIpc) is 0.661. The third-order valence-electron chi connectivity index (χ3n) is 28.1. The molecule has 0 radical (unpaired) electrons. The maximum Gasteiger partial charge on any atom is 0.127 e. The number of unbranched alkanes of at least 4 members (excludes halogenated alkanes) is 6. The minimum Gasteiger partial charge on any atom is -0.507 e. The van der Waals surface area contributed by atoms with Crippen LogP contribution in [0.3, 0.4) is 0 Å². The van der Waals surface area contributed by atoms with E-state index in [4.69, 9.17) is 86.0 Å². The van der Waals surface area contributed by atoms with Gasteiger partial charge in [0.25, 0.3) is 0 Å². The van der Waals surface area contributed by atoms with E-state index in [9.17, 15) is 33.4 Å². The summed E-state index contributed by atoms with van der Waals surface area (Å²) in [5, 5.41) is 65.8. The summed E-state index contributed by atoms with van der Waals surface area (Å²) in [7, 11) is 0. The molecule has 6 heterocycles. The van der Waals surface area contributed by atoms with E-state index in [1.807, 2.05) is 83.1 Å². The molecule has 12 heteroatoms. The molecular weight excluding hydrogens is 1710 g/mol. The number of allylic oxidation sites excluding steroid dienone is 12. The van der Waals surface area contributed by atoms with Gasteiger partial charge in [0.1, 0.15) is 103 Å². The Morgan fingerprint density at radius 1 is 0.290 bits per heavy atom. The number of hydrogen-bond donors (Lipinski definition) is 6. The minimum absolute atomic E-state index is 0.0140. The van der Waals surface area contributed by atoms with Gasteiger partial charge in [-0.25, -0.2) is 0 Å². The predicted molar refractivity (Wildman–Crippen MR) is 572 cm³/mol. The molecule has 12 aliphatic rings. The van der Waals surface area contributed by atoms with Gasteiger partial charge in [0.2, 0.25) is 0 Å². The molecule has 0 amide bonds. The smallest absolute Gasteiger partial charge is 0.127 e. The van der Waals surface area contributed by atoms with E-state index in [0.29, 0.717) is 85.6 Å². The average molecular weight is 1930 g/mol. The number of phenols is 6. The largest absolute Gasteiger partial charge is 0.507 e. The molecule has 0 aromatic heterocycles. The highest BCUT2D eigenvalue weighted by Crippen LogP contribution is 2.61. The Labute approximate surface area is 896 Å². The van der Waals surface area contributed by atoms with Crippen molar-refractivity contribution >= 4 is 0 Å². The van der Waals surface area contributed by atoms with Crippen LogP contribution in [0.25, 0.3) is 0 Å². The van der Waals surface area contributed by atoms with Crippen LogP contribution in [0.2, 0.25) is 0 Å². The van der Waals surface area contributed by atoms with Crippen LogP contribution in [0, 0.1) is 35.5 Å². The highest BCUT2D eigenvalue weighted by Gasteiger charge is 2.52. The normalized spacial score (nSPS) is 33.6. The Morgan fingerprint density at radius 2 is 0.536 bits per heavy atom. The summed E-state index contributed by atoms with van der Waals surface area (Å²) in [5.74, 6) is -12.9. The lowest BCUT2D eigenvalue weighted by Gasteiger charge is -2.46. The predicted octanol–water partition coefficient (Wildman–Crippen LogP) is 34.4. The monoisotopic (exact) mass is 1930 g/mol. The van der Waals surface area contributed by atoms with Crippen molar-refractivity contribution in [3.63, 3.8) is 0 Å². The van der Waals surface area contributed by atoms with Crippen LogP contribution in [-0.2, 0) is 38.2 Å². The van der Waals surface area contributed by atoms with Gasteiger partial charge in [-0.3, -0.25) is 0 Å². The Hall–Kier alpha value is -8.64. The van der Waals surface area contributed by atoms with Gasteiger partial charge in [0.05, 0.1) is 19.2 Å². The molecule has 0 spiro atoms. The molecular formula is C126H180O12.